The Bertz CT molecular complexity index is 1380. The topological polar surface area (TPSA) is 112 Å². The standard InChI is InChI=1S/C26H28N6O4/c1-15-16(2)31-32(17(15)3)24-14-25(28-18(4)27-24)36-21-9-7-19(8-10-21)29-26(33)30-20-11-22(34-5)13-23(12-20)35-6/h7-14H,1-6H3,(H2,29,30,33). The van der Waals surface area contributed by atoms with E-state index in [9.17, 15) is 4.79 Å². The van der Waals surface area contributed by atoms with Crippen LogP contribution >= 0.6 is 0 Å². The number of hydrogen-bond acceptors (Lipinski definition) is 7. The Balaban J connectivity index is 1.44. The van der Waals surface area contributed by atoms with Gasteiger partial charge in [-0.05, 0) is 57.5 Å². The molecule has 4 aromatic rings. The highest BCUT2D eigenvalue weighted by Gasteiger charge is 2.13. The molecule has 2 heterocycles. The van der Waals surface area contributed by atoms with Gasteiger partial charge in [-0.2, -0.15) is 10.1 Å². The maximum atomic E-state index is 12.5. The van der Waals surface area contributed by atoms with Crippen LogP contribution in [0.2, 0.25) is 0 Å². The van der Waals surface area contributed by atoms with Crippen LogP contribution in [-0.2, 0) is 0 Å². The SMILES string of the molecule is COc1cc(NC(=O)Nc2ccc(Oc3cc(-n4nc(C)c(C)c4C)nc(C)n3)cc2)cc(OC)c1. The first-order valence-corrected chi connectivity index (χ1v) is 11.2. The molecule has 0 saturated heterocycles. The second-order valence-electron chi connectivity index (χ2n) is 8.13. The molecule has 2 aromatic carbocycles. The molecular formula is C26H28N6O4. The van der Waals surface area contributed by atoms with E-state index in [-0.39, 0.29) is 0 Å². The number of aromatic nitrogens is 4. The van der Waals surface area contributed by atoms with Crippen LogP contribution < -0.4 is 24.8 Å². The number of urea groups is 1. The van der Waals surface area contributed by atoms with Gasteiger partial charge in [-0.1, -0.05) is 0 Å². The number of aryl methyl sites for hydroxylation is 2. The van der Waals surface area contributed by atoms with Crippen molar-refractivity contribution in [2.75, 3.05) is 24.9 Å². The molecule has 2 N–H and O–H groups in total. The molecular weight excluding hydrogens is 460 g/mol. The maximum Gasteiger partial charge on any atom is 0.323 e. The van der Waals surface area contributed by atoms with Crippen LogP contribution in [0.1, 0.15) is 22.8 Å². The smallest absolute Gasteiger partial charge is 0.323 e. The van der Waals surface area contributed by atoms with E-state index in [4.69, 9.17) is 14.2 Å². The van der Waals surface area contributed by atoms with Crippen LogP contribution in [0.4, 0.5) is 16.2 Å². The Labute approximate surface area is 209 Å². The number of rotatable bonds is 7. The number of anilines is 2. The molecule has 36 heavy (non-hydrogen) atoms. The molecule has 10 heteroatoms. The van der Waals surface area contributed by atoms with Gasteiger partial charge in [0.1, 0.15) is 23.1 Å². The van der Waals surface area contributed by atoms with Gasteiger partial charge in [-0.25, -0.2) is 14.5 Å². The second-order valence-corrected chi connectivity index (χ2v) is 8.13. The third-order valence-corrected chi connectivity index (χ3v) is 5.61. The van der Waals surface area contributed by atoms with Gasteiger partial charge in [0.2, 0.25) is 5.88 Å². The number of ether oxygens (including phenoxy) is 3. The fraction of sp³-hybridized carbons (Fsp3) is 0.231. The first kappa shape index (κ1) is 24.5. The van der Waals surface area contributed by atoms with Crippen LogP contribution in [0.15, 0.2) is 48.5 Å². The molecule has 0 aliphatic carbocycles. The highest BCUT2D eigenvalue weighted by molar-refractivity contribution is 6.00. The first-order chi connectivity index (χ1) is 17.2. The van der Waals surface area contributed by atoms with Crippen LogP contribution in [0, 0.1) is 27.7 Å². The van der Waals surface area contributed by atoms with Gasteiger partial charge in [-0.3, -0.25) is 0 Å². The van der Waals surface area contributed by atoms with E-state index in [0.717, 1.165) is 17.0 Å². The summed E-state index contributed by atoms with van der Waals surface area (Å²) in [5.74, 6) is 3.30. The molecule has 0 radical (unpaired) electrons. The number of nitrogens with one attached hydrogen (secondary N) is 2. The van der Waals surface area contributed by atoms with Gasteiger partial charge >= 0.3 is 6.03 Å². The van der Waals surface area contributed by atoms with Crippen LogP contribution in [-0.4, -0.2) is 40.0 Å². The molecule has 2 aromatic heterocycles. The zero-order valence-electron chi connectivity index (χ0n) is 21.0. The maximum absolute atomic E-state index is 12.5. The van der Waals surface area contributed by atoms with Gasteiger partial charge in [0, 0.05) is 41.3 Å². The van der Waals surface area contributed by atoms with Crippen molar-refractivity contribution in [2.45, 2.75) is 27.7 Å². The molecule has 0 unspecified atom stereocenters. The summed E-state index contributed by atoms with van der Waals surface area (Å²) in [6.07, 6.45) is 0. The summed E-state index contributed by atoms with van der Waals surface area (Å²) in [7, 11) is 3.10. The molecule has 4 rings (SSSR count). The van der Waals surface area contributed by atoms with E-state index < -0.39 is 6.03 Å². The van der Waals surface area contributed by atoms with Crippen molar-refractivity contribution in [1.82, 2.24) is 19.7 Å². The number of nitrogens with zero attached hydrogens (tertiary/aromatic N) is 4. The number of benzene rings is 2. The normalized spacial score (nSPS) is 10.6. The lowest BCUT2D eigenvalue weighted by Gasteiger charge is -2.12. The highest BCUT2D eigenvalue weighted by Crippen LogP contribution is 2.27. The van der Waals surface area contributed by atoms with Crippen molar-refractivity contribution >= 4 is 17.4 Å². The monoisotopic (exact) mass is 488 g/mol. The number of hydrogen-bond donors (Lipinski definition) is 2. The Kier molecular flexibility index (Phi) is 7.05. The van der Waals surface area contributed by atoms with E-state index in [1.165, 1.54) is 0 Å². The molecule has 0 aliphatic heterocycles. The second kappa shape index (κ2) is 10.3. The zero-order valence-corrected chi connectivity index (χ0v) is 21.0. The molecule has 0 fully saturated rings. The predicted molar refractivity (Wildman–Crippen MR) is 137 cm³/mol. The van der Waals surface area contributed by atoms with Crippen LogP contribution in [0.3, 0.4) is 0 Å². The van der Waals surface area contributed by atoms with Gasteiger partial charge in [0.05, 0.1) is 19.9 Å². The third-order valence-electron chi connectivity index (χ3n) is 5.61. The number of carbonyl (C=O) groups excluding carboxylic acids is 1. The minimum Gasteiger partial charge on any atom is -0.497 e. The lowest BCUT2D eigenvalue weighted by Crippen LogP contribution is -2.19. The van der Waals surface area contributed by atoms with Crippen molar-refractivity contribution < 1.29 is 19.0 Å². The number of methoxy groups -OCH3 is 2. The first-order valence-electron chi connectivity index (χ1n) is 11.2. The molecule has 0 bridgehead atoms. The average molecular weight is 489 g/mol. The molecule has 0 aliphatic rings. The fourth-order valence-electron chi connectivity index (χ4n) is 3.53. The largest absolute Gasteiger partial charge is 0.497 e. The summed E-state index contributed by atoms with van der Waals surface area (Å²) in [6, 6.07) is 13.4. The Morgan fingerprint density at radius 1 is 0.806 bits per heavy atom. The van der Waals surface area contributed by atoms with Crippen molar-refractivity contribution in [2.24, 2.45) is 0 Å². The van der Waals surface area contributed by atoms with E-state index in [2.05, 4.69) is 25.7 Å². The molecule has 0 saturated carbocycles. The van der Waals surface area contributed by atoms with Crippen molar-refractivity contribution in [3.8, 4) is 28.9 Å². The van der Waals surface area contributed by atoms with E-state index >= 15 is 0 Å². The molecule has 0 spiro atoms. The van der Waals surface area contributed by atoms with E-state index in [1.54, 1.807) is 74.4 Å². The van der Waals surface area contributed by atoms with Crippen molar-refractivity contribution in [3.63, 3.8) is 0 Å². The molecule has 186 valence electrons. The lowest BCUT2D eigenvalue weighted by atomic mass is 10.2. The van der Waals surface area contributed by atoms with Crippen molar-refractivity contribution in [3.05, 3.63) is 71.3 Å². The summed E-state index contributed by atoms with van der Waals surface area (Å²) in [6.45, 7) is 7.80. The summed E-state index contributed by atoms with van der Waals surface area (Å²) >= 11 is 0. The summed E-state index contributed by atoms with van der Waals surface area (Å²) < 4.78 is 18.2. The quantitative estimate of drug-likeness (QED) is 0.361. The molecule has 2 amide bonds. The minimum absolute atomic E-state index is 0.396. The van der Waals surface area contributed by atoms with Crippen LogP contribution in [0.25, 0.3) is 5.82 Å². The highest BCUT2D eigenvalue weighted by atomic mass is 16.5. The zero-order chi connectivity index (χ0) is 25.8. The van der Waals surface area contributed by atoms with E-state index in [1.807, 2.05) is 20.8 Å². The number of amides is 2. The minimum atomic E-state index is -0.407. The molecule has 10 nitrogen and oxygen atoms in total. The van der Waals surface area contributed by atoms with Gasteiger partial charge < -0.3 is 24.8 Å². The third kappa shape index (κ3) is 5.54. The summed E-state index contributed by atoms with van der Waals surface area (Å²) in [5, 5.41) is 10.1. The van der Waals surface area contributed by atoms with E-state index in [0.29, 0.717) is 46.1 Å². The van der Waals surface area contributed by atoms with Gasteiger partial charge in [0.25, 0.3) is 0 Å². The average Bonchev–Trinajstić information content (AvgIpc) is 3.11. The van der Waals surface area contributed by atoms with Crippen molar-refractivity contribution in [1.29, 1.82) is 0 Å². The number of carbonyl (C=O) groups is 1. The predicted octanol–water partition coefficient (Wildman–Crippen LogP) is 5.35. The Hall–Kier alpha value is -4.60. The fourth-order valence-corrected chi connectivity index (χ4v) is 3.53. The summed E-state index contributed by atoms with van der Waals surface area (Å²) in [5.41, 5.74) is 4.21. The lowest BCUT2D eigenvalue weighted by molar-refractivity contribution is 0.262. The summed E-state index contributed by atoms with van der Waals surface area (Å²) in [4.78, 5) is 21.3. The van der Waals surface area contributed by atoms with Gasteiger partial charge in [0.15, 0.2) is 5.82 Å². The Morgan fingerprint density at radius 3 is 2.03 bits per heavy atom. The molecule has 0 atom stereocenters. The van der Waals surface area contributed by atoms with Crippen LogP contribution in [0.5, 0.6) is 23.1 Å². The Morgan fingerprint density at radius 2 is 1.44 bits per heavy atom. The van der Waals surface area contributed by atoms with Gasteiger partial charge in [-0.15, -0.1) is 0 Å².